The maximum Gasteiger partial charge on any atom is 0.141 e. The Kier molecular flexibility index (Phi) is 10.5. The lowest BCUT2D eigenvalue weighted by Gasteiger charge is -2.08. The largest absolute Gasteiger partial charge is 0.497 e. The molecule has 5 heteroatoms. The maximum absolute atomic E-state index is 5.40. The van der Waals surface area contributed by atoms with Gasteiger partial charge in [0.25, 0.3) is 0 Å². The quantitative estimate of drug-likeness (QED) is 0.379. The number of aryl methyl sites for hydroxylation is 2. The lowest BCUT2D eigenvalue weighted by molar-refractivity contribution is 0.391. The minimum atomic E-state index is 0.540. The molecular formula is C25H30N2O3. The number of hydrogen-bond donors (Lipinski definition) is 0. The lowest BCUT2D eigenvalue weighted by atomic mass is 10.0. The molecule has 3 rings (SSSR count). The van der Waals surface area contributed by atoms with E-state index >= 15 is 0 Å². The Morgan fingerprint density at radius 1 is 1.00 bits per heavy atom. The molecule has 0 unspecified atom stereocenters. The topological polar surface area (TPSA) is 56.9 Å². The van der Waals surface area contributed by atoms with Crippen LogP contribution in [0.15, 0.2) is 52.0 Å². The summed E-state index contributed by atoms with van der Waals surface area (Å²) in [6, 6.07) is 13.9. The van der Waals surface area contributed by atoms with Crippen molar-refractivity contribution in [2.75, 3.05) is 14.2 Å². The van der Waals surface area contributed by atoms with Gasteiger partial charge in [-0.05, 0) is 37.1 Å². The highest BCUT2D eigenvalue weighted by Gasteiger charge is 2.10. The van der Waals surface area contributed by atoms with Gasteiger partial charge in [-0.15, -0.1) is 12.8 Å². The zero-order valence-corrected chi connectivity index (χ0v) is 18.6. The van der Waals surface area contributed by atoms with E-state index in [1.807, 2.05) is 64.2 Å². The smallest absolute Gasteiger partial charge is 0.141 e. The van der Waals surface area contributed by atoms with Gasteiger partial charge in [0.15, 0.2) is 0 Å². The summed E-state index contributed by atoms with van der Waals surface area (Å²) in [6.45, 7) is 8.41. The van der Waals surface area contributed by atoms with E-state index in [-0.39, 0.29) is 0 Å². The molecule has 0 bridgehead atoms. The fraction of sp³-hybridized carbons (Fsp3) is 0.280. The summed E-state index contributed by atoms with van der Waals surface area (Å²) in [5.41, 5.74) is 5.09. The average molecular weight is 407 g/mol. The first-order chi connectivity index (χ1) is 14.6. The third-order valence-corrected chi connectivity index (χ3v) is 4.23. The van der Waals surface area contributed by atoms with Crippen molar-refractivity contribution in [3.05, 3.63) is 65.0 Å². The molecule has 0 aliphatic heterocycles. The Bertz CT molecular complexity index is 935. The second kappa shape index (κ2) is 12.8. The summed E-state index contributed by atoms with van der Waals surface area (Å²) in [5, 5.41) is 4.00. The highest BCUT2D eigenvalue weighted by molar-refractivity contribution is 5.81. The minimum Gasteiger partial charge on any atom is -0.497 e. The Morgan fingerprint density at radius 2 is 1.67 bits per heavy atom. The lowest BCUT2D eigenvalue weighted by Crippen LogP contribution is -1.93. The molecule has 0 saturated heterocycles. The first kappa shape index (κ1) is 24.5. The standard InChI is InChI=1S/C21H22N2O3.C2H6.C2H2/c1-14-21(15(2)26-23-14)17-7-5-16(6-8-17)12-22-13-18-9-10-19(24-3)11-20(18)25-4;2*1-2/h5-12H,13H2,1-4H3;1-2H3;1-2H. The number of methoxy groups -OCH3 is 2. The molecule has 0 amide bonds. The molecule has 1 aromatic heterocycles. The van der Waals surface area contributed by atoms with Gasteiger partial charge in [0.05, 0.1) is 26.5 Å². The molecule has 5 nitrogen and oxygen atoms in total. The molecular weight excluding hydrogens is 376 g/mol. The van der Waals surface area contributed by atoms with Crippen LogP contribution in [0, 0.1) is 26.7 Å². The zero-order valence-electron chi connectivity index (χ0n) is 18.6. The summed E-state index contributed by atoms with van der Waals surface area (Å²) >= 11 is 0. The van der Waals surface area contributed by atoms with E-state index < -0.39 is 0 Å². The van der Waals surface area contributed by atoms with Crippen LogP contribution in [0.25, 0.3) is 11.1 Å². The minimum absolute atomic E-state index is 0.540. The van der Waals surface area contributed by atoms with Crippen LogP contribution in [-0.2, 0) is 6.54 Å². The van der Waals surface area contributed by atoms with Gasteiger partial charge in [-0.1, -0.05) is 43.3 Å². The second-order valence-electron chi connectivity index (χ2n) is 5.97. The highest BCUT2D eigenvalue weighted by atomic mass is 16.5. The molecule has 30 heavy (non-hydrogen) atoms. The van der Waals surface area contributed by atoms with Crippen LogP contribution in [0.2, 0.25) is 0 Å². The monoisotopic (exact) mass is 406 g/mol. The Morgan fingerprint density at radius 3 is 2.20 bits per heavy atom. The predicted octanol–water partition coefficient (Wildman–Crippen LogP) is 5.87. The first-order valence-electron chi connectivity index (χ1n) is 9.69. The molecule has 0 radical (unpaired) electrons. The molecule has 1 heterocycles. The Balaban J connectivity index is 0.00000106. The van der Waals surface area contributed by atoms with E-state index in [0.29, 0.717) is 6.54 Å². The third kappa shape index (κ3) is 6.25. The Hall–Kier alpha value is -3.52. The van der Waals surface area contributed by atoms with Crippen molar-refractivity contribution < 1.29 is 14.0 Å². The van der Waals surface area contributed by atoms with Gasteiger partial charge in [0.1, 0.15) is 17.3 Å². The fourth-order valence-electron chi connectivity index (χ4n) is 2.86. The highest BCUT2D eigenvalue weighted by Crippen LogP contribution is 2.27. The van der Waals surface area contributed by atoms with Gasteiger partial charge in [-0.25, -0.2) is 0 Å². The van der Waals surface area contributed by atoms with E-state index in [9.17, 15) is 0 Å². The number of aliphatic imine (C=N–C) groups is 1. The van der Waals surface area contributed by atoms with Crippen molar-refractivity contribution in [1.82, 2.24) is 5.16 Å². The fourth-order valence-corrected chi connectivity index (χ4v) is 2.86. The van der Waals surface area contributed by atoms with Gasteiger partial charge in [-0.3, -0.25) is 4.99 Å². The van der Waals surface area contributed by atoms with Gasteiger partial charge in [0, 0.05) is 23.4 Å². The number of aromatic nitrogens is 1. The van der Waals surface area contributed by atoms with E-state index in [0.717, 1.165) is 45.2 Å². The van der Waals surface area contributed by atoms with Crippen molar-refractivity contribution >= 4 is 6.21 Å². The molecule has 0 saturated carbocycles. The summed E-state index contributed by atoms with van der Waals surface area (Å²) in [6.07, 6.45) is 9.86. The zero-order chi connectivity index (χ0) is 22.5. The van der Waals surface area contributed by atoms with Gasteiger partial charge in [0.2, 0.25) is 0 Å². The SMILES string of the molecule is C#C.CC.COc1ccc(CN=Cc2ccc(-c3c(C)noc3C)cc2)c(OC)c1. The van der Waals surface area contributed by atoms with Crippen LogP contribution in [-0.4, -0.2) is 25.6 Å². The summed E-state index contributed by atoms with van der Waals surface area (Å²) in [4.78, 5) is 4.53. The second-order valence-corrected chi connectivity index (χ2v) is 5.97. The molecule has 0 spiro atoms. The normalized spacial score (nSPS) is 9.87. The van der Waals surface area contributed by atoms with E-state index in [4.69, 9.17) is 14.0 Å². The third-order valence-electron chi connectivity index (χ3n) is 4.23. The van der Waals surface area contributed by atoms with Crippen molar-refractivity contribution in [2.24, 2.45) is 4.99 Å². The van der Waals surface area contributed by atoms with E-state index in [2.05, 4.69) is 35.1 Å². The van der Waals surface area contributed by atoms with Crippen LogP contribution < -0.4 is 9.47 Å². The number of hydrogen-bond acceptors (Lipinski definition) is 5. The molecule has 2 aromatic carbocycles. The van der Waals surface area contributed by atoms with Crippen molar-refractivity contribution in [2.45, 2.75) is 34.2 Å². The van der Waals surface area contributed by atoms with Gasteiger partial charge in [-0.2, -0.15) is 0 Å². The van der Waals surface area contributed by atoms with Crippen molar-refractivity contribution in [3.8, 4) is 35.5 Å². The van der Waals surface area contributed by atoms with Crippen molar-refractivity contribution in [3.63, 3.8) is 0 Å². The molecule has 3 aromatic rings. The van der Waals surface area contributed by atoms with Gasteiger partial charge >= 0.3 is 0 Å². The van der Waals surface area contributed by atoms with Crippen LogP contribution >= 0.6 is 0 Å². The number of rotatable bonds is 6. The molecule has 0 N–H and O–H groups in total. The van der Waals surface area contributed by atoms with E-state index in [1.54, 1.807) is 14.2 Å². The number of nitrogens with zero attached hydrogens (tertiary/aromatic N) is 2. The maximum atomic E-state index is 5.40. The molecule has 0 aliphatic carbocycles. The number of terminal acetylenes is 1. The van der Waals surface area contributed by atoms with Crippen LogP contribution in [0.4, 0.5) is 0 Å². The van der Waals surface area contributed by atoms with Gasteiger partial charge < -0.3 is 14.0 Å². The average Bonchev–Trinajstić information content (AvgIpc) is 3.15. The van der Waals surface area contributed by atoms with Crippen molar-refractivity contribution in [1.29, 1.82) is 0 Å². The molecule has 0 fully saturated rings. The summed E-state index contributed by atoms with van der Waals surface area (Å²) in [5.74, 6) is 2.37. The number of benzene rings is 2. The predicted molar refractivity (Wildman–Crippen MR) is 123 cm³/mol. The van der Waals surface area contributed by atoms with E-state index in [1.165, 1.54) is 0 Å². The number of ether oxygens (including phenoxy) is 2. The summed E-state index contributed by atoms with van der Waals surface area (Å²) < 4.78 is 15.9. The molecule has 0 atom stereocenters. The summed E-state index contributed by atoms with van der Waals surface area (Å²) in [7, 11) is 3.29. The van der Waals surface area contributed by atoms with Crippen LogP contribution in [0.1, 0.15) is 36.4 Å². The Labute approximate surface area is 179 Å². The van der Waals surface area contributed by atoms with Crippen LogP contribution in [0.5, 0.6) is 11.5 Å². The van der Waals surface area contributed by atoms with Crippen LogP contribution in [0.3, 0.4) is 0 Å². The first-order valence-corrected chi connectivity index (χ1v) is 9.69. The molecule has 0 aliphatic rings. The molecule has 158 valence electrons.